The van der Waals surface area contributed by atoms with Crippen molar-refractivity contribution < 1.29 is 45.4 Å². The molecule has 1 aromatic rings. The number of ether oxygens (including phenoxy) is 2. The molecule has 1 aromatic carbocycles. The summed E-state index contributed by atoms with van der Waals surface area (Å²) in [4.78, 5) is 26.1. The van der Waals surface area contributed by atoms with Crippen molar-refractivity contribution in [3.05, 3.63) is 35.9 Å². The lowest BCUT2D eigenvalue weighted by atomic mass is 9.81. The van der Waals surface area contributed by atoms with E-state index in [1.54, 1.807) is 41.5 Å². The second kappa shape index (κ2) is 14.4. The first-order valence-corrected chi connectivity index (χ1v) is 14.5. The Hall–Kier alpha value is -2.70. The molecule has 2 fully saturated rings. The number of piperidine rings is 2. The molecular formula is C30H45F6N3O4. The number of nitrogens with zero attached hydrogens (tertiary/aromatic N) is 2. The SMILES string of the molecule is CC(C)(C)OC(=O)N1CCC(CCc2ccccc2)[C@@H](C(F)(F)F)C1.CC(C)(C)OC(=O)N1CCC(N)[C@@H](C(F)(F)F)C1. The number of aryl methyl sites for hydroxylation is 1. The van der Waals surface area contributed by atoms with Gasteiger partial charge in [0.15, 0.2) is 0 Å². The Labute approximate surface area is 250 Å². The average Bonchev–Trinajstić information content (AvgIpc) is 2.85. The summed E-state index contributed by atoms with van der Waals surface area (Å²) in [5.74, 6) is -3.66. The van der Waals surface area contributed by atoms with Gasteiger partial charge in [0.1, 0.15) is 11.2 Å². The molecule has 0 radical (unpaired) electrons. The van der Waals surface area contributed by atoms with Crippen LogP contribution in [0.15, 0.2) is 30.3 Å². The first kappa shape index (κ1) is 36.5. The molecule has 0 aromatic heterocycles. The predicted molar refractivity (Wildman–Crippen MR) is 150 cm³/mol. The summed E-state index contributed by atoms with van der Waals surface area (Å²) >= 11 is 0. The third-order valence-corrected chi connectivity index (χ3v) is 7.21. The molecule has 0 bridgehead atoms. The lowest BCUT2D eigenvalue weighted by molar-refractivity contribution is -0.200. The van der Waals surface area contributed by atoms with E-state index in [1.165, 1.54) is 4.90 Å². The number of rotatable bonds is 3. The van der Waals surface area contributed by atoms with Crippen LogP contribution < -0.4 is 5.73 Å². The third-order valence-electron chi connectivity index (χ3n) is 7.21. The van der Waals surface area contributed by atoms with Gasteiger partial charge in [0, 0.05) is 32.2 Å². The molecule has 2 N–H and O–H groups in total. The van der Waals surface area contributed by atoms with E-state index in [0.29, 0.717) is 25.8 Å². The number of amides is 2. The number of hydrogen-bond acceptors (Lipinski definition) is 5. The van der Waals surface area contributed by atoms with Gasteiger partial charge in [-0.1, -0.05) is 30.3 Å². The van der Waals surface area contributed by atoms with Crippen LogP contribution in [0, 0.1) is 17.8 Å². The van der Waals surface area contributed by atoms with Gasteiger partial charge in [-0.15, -0.1) is 0 Å². The molecule has 2 aliphatic heterocycles. The van der Waals surface area contributed by atoms with Crippen LogP contribution in [0.2, 0.25) is 0 Å². The Morgan fingerprint density at radius 3 is 1.65 bits per heavy atom. The lowest BCUT2D eigenvalue weighted by Gasteiger charge is -2.39. The Bertz CT molecular complexity index is 1040. The molecule has 13 heteroatoms. The maximum atomic E-state index is 13.5. The van der Waals surface area contributed by atoms with Crippen molar-refractivity contribution in [2.24, 2.45) is 23.5 Å². The van der Waals surface area contributed by atoms with Gasteiger partial charge in [0.25, 0.3) is 0 Å². The number of hydrogen-bond donors (Lipinski definition) is 1. The number of halogens is 6. The van der Waals surface area contributed by atoms with Crippen LogP contribution in [0.5, 0.6) is 0 Å². The second-order valence-electron chi connectivity index (χ2n) is 13.2. The highest BCUT2D eigenvalue weighted by molar-refractivity contribution is 5.68. The van der Waals surface area contributed by atoms with Gasteiger partial charge in [-0.3, -0.25) is 0 Å². The summed E-state index contributed by atoms with van der Waals surface area (Å²) in [5.41, 5.74) is 5.06. The number of nitrogens with two attached hydrogens (primary N) is 1. The van der Waals surface area contributed by atoms with Crippen LogP contribution in [0.4, 0.5) is 35.9 Å². The number of likely N-dealkylation sites (tertiary alicyclic amines) is 2. The van der Waals surface area contributed by atoms with E-state index in [-0.39, 0.29) is 19.5 Å². The second-order valence-corrected chi connectivity index (χ2v) is 13.2. The standard InChI is InChI=1S/C19H26F3NO2.C11H19F3N2O2/c1-18(2,3)25-17(24)23-12-11-15(16(13-23)19(20,21)22)10-9-14-7-5-4-6-8-14;1-10(2,3)18-9(17)16-5-4-8(15)7(6-16)11(12,13)14/h4-8,15-16H,9-13H2,1-3H3;7-8H,4-6,15H2,1-3H3/t15?,16-;7-,8?/m00/s1. The summed E-state index contributed by atoms with van der Waals surface area (Å²) in [6.45, 7) is 9.88. The number of benzene rings is 1. The van der Waals surface area contributed by atoms with Gasteiger partial charge in [0.2, 0.25) is 0 Å². The highest BCUT2D eigenvalue weighted by atomic mass is 19.4. The molecule has 2 heterocycles. The minimum absolute atomic E-state index is 0.128. The summed E-state index contributed by atoms with van der Waals surface area (Å²) < 4.78 is 88.9. The van der Waals surface area contributed by atoms with E-state index in [9.17, 15) is 35.9 Å². The first-order chi connectivity index (χ1) is 19.6. The maximum absolute atomic E-state index is 13.5. The Balaban J connectivity index is 0.000000317. The van der Waals surface area contributed by atoms with Crippen LogP contribution in [-0.4, -0.2) is 77.8 Å². The molecule has 4 atom stereocenters. The highest BCUT2D eigenvalue weighted by Crippen LogP contribution is 2.40. The van der Waals surface area contributed by atoms with Crippen molar-refractivity contribution in [2.75, 3.05) is 26.2 Å². The third kappa shape index (κ3) is 12.4. The molecule has 2 saturated heterocycles. The summed E-state index contributed by atoms with van der Waals surface area (Å²) in [5, 5.41) is 0. The minimum Gasteiger partial charge on any atom is -0.444 e. The van der Waals surface area contributed by atoms with Crippen LogP contribution in [0.1, 0.15) is 66.4 Å². The van der Waals surface area contributed by atoms with Crippen molar-refractivity contribution in [3.63, 3.8) is 0 Å². The van der Waals surface area contributed by atoms with Crippen LogP contribution in [-0.2, 0) is 15.9 Å². The van der Waals surface area contributed by atoms with Gasteiger partial charge in [-0.2, -0.15) is 26.3 Å². The zero-order chi connectivity index (χ0) is 32.8. The minimum atomic E-state index is -4.39. The molecular weight excluding hydrogens is 580 g/mol. The quantitative estimate of drug-likeness (QED) is 0.360. The maximum Gasteiger partial charge on any atom is 0.410 e. The lowest BCUT2D eigenvalue weighted by Crippen LogP contribution is -2.54. The molecule has 43 heavy (non-hydrogen) atoms. The Morgan fingerprint density at radius 1 is 0.767 bits per heavy atom. The number of carbonyl (C=O) groups is 2. The van der Waals surface area contributed by atoms with Gasteiger partial charge in [0.05, 0.1) is 11.8 Å². The van der Waals surface area contributed by atoms with Gasteiger partial charge in [-0.25, -0.2) is 9.59 Å². The van der Waals surface area contributed by atoms with E-state index in [4.69, 9.17) is 15.2 Å². The van der Waals surface area contributed by atoms with E-state index in [1.807, 2.05) is 30.3 Å². The van der Waals surface area contributed by atoms with Crippen LogP contribution in [0.3, 0.4) is 0 Å². The highest BCUT2D eigenvalue weighted by Gasteiger charge is 2.49. The molecule has 0 aliphatic carbocycles. The number of carbonyl (C=O) groups excluding carboxylic acids is 2. The Kier molecular flexibility index (Phi) is 12.2. The monoisotopic (exact) mass is 625 g/mol. The molecule has 7 nitrogen and oxygen atoms in total. The summed E-state index contributed by atoms with van der Waals surface area (Å²) in [6, 6.07) is 8.57. The Morgan fingerprint density at radius 2 is 1.21 bits per heavy atom. The van der Waals surface area contributed by atoms with Crippen molar-refractivity contribution in [1.82, 2.24) is 9.80 Å². The zero-order valence-electron chi connectivity index (χ0n) is 25.7. The molecule has 246 valence electrons. The largest absolute Gasteiger partial charge is 0.444 e. The van der Waals surface area contributed by atoms with Crippen LogP contribution in [0.25, 0.3) is 0 Å². The fourth-order valence-electron chi connectivity index (χ4n) is 5.01. The normalized spacial score (nSPS) is 23.7. The fraction of sp³-hybridized carbons (Fsp3) is 0.733. The van der Waals surface area contributed by atoms with Crippen molar-refractivity contribution >= 4 is 12.2 Å². The molecule has 2 aliphatic rings. The van der Waals surface area contributed by atoms with Gasteiger partial charge in [-0.05, 0) is 78.7 Å². The van der Waals surface area contributed by atoms with Gasteiger partial charge >= 0.3 is 24.5 Å². The van der Waals surface area contributed by atoms with E-state index in [2.05, 4.69) is 0 Å². The predicted octanol–water partition coefficient (Wildman–Crippen LogP) is 7.19. The molecule has 0 saturated carbocycles. The van der Waals surface area contributed by atoms with E-state index in [0.717, 1.165) is 10.5 Å². The summed E-state index contributed by atoms with van der Waals surface area (Å²) in [7, 11) is 0. The molecule has 3 rings (SSSR count). The smallest absolute Gasteiger partial charge is 0.410 e. The summed E-state index contributed by atoms with van der Waals surface area (Å²) in [6.07, 6.45) is -8.53. The topological polar surface area (TPSA) is 85.1 Å². The van der Waals surface area contributed by atoms with Crippen LogP contribution >= 0.6 is 0 Å². The first-order valence-electron chi connectivity index (χ1n) is 14.5. The zero-order valence-corrected chi connectivity index (χ0v) is 25.7. The van der Waals surface area contributed by atoms with E-state index < -0.39 is 66.1 Å². The fourth-order valence-corrected chi connectivity index (χ4v) is 5.01. The van der Waals surface area contributed by atoms with Crippen molar-refractivity contribution in [3.8, 4) is 0 Å². The van der Waals surface area contributed by atoms with Crippen molar-refractivity contribution in [1.29, 1.82) is 0 Å². The average molecular weight is 626 g/mol. The molecule has 0 spiro atoms. The molecule has 2 amide bonds. The number of alkyl halides is 6. The van der Waals surface area contributed by atoms with Gasteiger partial charge < -0.3 is 25.0 Å². The van der Waals surface area contributed by atoms with Crippen molar-refractivity contribution in [2.45, 2.75) is 96.8 Å². The van der Waals surface area contributed by atoms with E-state index >= 15 is 0 Å². The molecule has 2 unspecified atom stereocenters.